The average molecular weight is 509 g/mol. The van der Waals surface area contributed by atoms with E-state index in [0.717, 1.165) is 49.1 Å². The van der Waals surface area contributed by atoms with Crippen molar-refractivity contribution in [3.8, 4) is 5.75 Å². The average Bonchev–Trinajstić information content (AvgIpc) is 2.93. The first kappa shape index (κ1) is 25.4. The van der Waals surface area contributed by atoms with Crippen LogP contribution in [0, 0.1) is 17.6 Å². The number of quaternary nitrogens is 1. The molecule has 0 amide bonds. The second-order valence-electron chi connectivity index (χ2n) is 10.2. The molecule has 5 nitrogen and oxygen atoms in total. The predicted octanol–water partition coefficient (Wildman–Crippen LogP) is 4.82. The number of esters is 1. The molecule has 3 heterocycles. The minimum Gasteiger partial charge on any atom is -0.493 e. The van der Waals surface area contributed by atoms with E-state index in [9.17, 15) is 18.7 Å². The Kier molecular flexibility index (Phi) is 7.26. The fourth-order valence-electron chi connectivity index (χ4n) is 5.78. The van der Waals surface area contributed by atoms with E-state index in [2.05, 4.69) is 0 Å². The summed E-state index contributed by atoms with van der Waals surface area (Å²) in [5, 5.41) is 11.7. The molecule has 3 saturated heterocycles. The van der Waals surface area contributed by atoms with E-state index >= 15 is 0 Å². The third-order valence-electron chi connectivity index (χ3n) is 7.91. The summed E-state index contributed by atoms with van der Waals surface area (Å²) in [5.41, 5.74) is -1.83. The molecule has 0 spiro atoms. The topological polar surface area (TPSA) is 55.8 Å². The quantitative estimate of drug-likeness (QED) is 0.256. The van der Waals surface area contributed by atoms with Crippen molar-refractivity contribution in [1.82, 2.24) is 0 Å². The van der Waals surface area contributed by atoms with E-state index < -0.39 is 23.2 Å². The van der Waals surface area contributed by atoms with Crippen LogP contribution in [0.5, 0.6) is 5.75 Å². The van der Waals surface area contributed by atoms with Crippen molar-refractivity contribution in [2.24, 2.45) is 5.92 Å². The van der Waals surface area contributed by atoms with Gasteiger partial charge in [0, 0.05) is 25.2 Å². The van der Waals surface area contributed by atoms with Gasteiger partial charge in [-0.1, -0.05) is 42.5 Å². The van der Waals surface area contributed by atoms with Gasteiger partial charge in [-0.2, -0.15) is 0 Å². The molecule has 0 aromatic heterocycles. The summed E-state index contributed by atoms with van der Waals surface area (Å²) in [4.78, 5) is 13.6. The zero-order valence-corrected chi connectivity index (χ0v) is 20.7. The molecule has 3 fully saturated rings. The summed E-state index contributed by atoms with van der Waals surface area (Å²) in [6.07, 6.45) is 2.44. The first-order valence-corrected chi connectivity index (χ1v) is 12.9. The van der Waals surface area contributed by atoms with Crippen LogP contribution in [0.4, 0.5) is 8.78 Å². The number of fused-ring (bicyclic) bond motifs is 3. The minimum atomic E-state index is -2.18. The number of ether oxygens (including phenoxy) is 2. The lowest BCUT2D eigenvalue weighted by atomic mass is 9.82. The number of nitrogens with zero attached hydrogens (tertiary/aromatic N) is 1. The molecule has 0 aliphatic carbocycles. The fourth-order valence-corrected chi connectivity index (χ4v) is 5.78. The minimum absolute atomic E-state index is 0.175. The third-order valence-corrected chi connectivity index (χ3v) is 7.91. The second kappa shape index (κ2) is 10.6. The number of para-hydroxylation sites is 1. The van der Waals surface area contributed by atoms with Crippen LogP contribution in [-0.2, 0) is 15.1 Å². The van der Waals surface area contributed by atoms with Crippen molar-refractivity contribution in [2.45, 2.75) is 31.0 Å². The molecule has 3 aromatic rings. The molecule has 3 aliphatic rings. The highest BCUT2D eigenvalue weighted by molar-refractivity contribution is 5.85. The zero-order chi connectivity index (χ0) is 25.9. The summed E-state index contributed by atoms with van der Waals surface area (Å²) in [7, 11) is 0. The molecular formula is C30H32F2NO4+. The van der Waals surface area contributed by atoms with Crippen LogP contribution in [0.25, 0.3) is 0 Å². The molecule has 6 rings (SSSR count). The highest BCUT2D eigenvalue weighted by Gasteiger charge is 2.50. The highest BCUT2D eigenvalue weighted by Crippen LogP contribution is 2.38. The molecule has 7 heteroatoms. The molecule has 37 heavy (non-hydrogen) atoms. The highest BCUT2D eigenvalue weighted by atomic mass is 19.1. The number of carbonyl (C=O) groups is 1. The summed E-state index contributed by atoms with van der Waals surface area (Å²) in [6, 6.07) is 19.9. The van der Waals surface area contributed by atoms with Gasteiger partial charge in [-0.3, -0.25) is 0 Å². The number of halogens is 2. The Morgan fingerprint density at radius 3 is 2.03 bits per heavy atom. The molecule has 0 radical (unpaired) electrons. The summed E-state index contributed by atoms with van der Waals surface area (Å²) < 4.78 is 40.0. The summed E-state index contributed by atoms with van der Waals surface area (Å²) >= 11 is 0. The van der Waals surface area contributed by atoms with E-state index in [1.54, 1.807) is 0 Å². The van der Waals surface area contributed by atoms with Gasteiger partial charge >= 0.3 is 5.97 Å². The molecule has 0 saturated carbocycles. The lowest BCUT2D eigenvalue weighted by molar-refractivity contribution is -0.946. The van der Waals surface area contributed by atoms with Gasteiger partial charge < -0.3 is 19.1 Å². The smallest absolute Gasteiger partial charge is 0.348 e. The lowest BCUT2D eigenvalue weighted by Crippen LogP contribution is -2.65. The maximum absolute atomic E-state index is 13.6. The Hall–Kier alpha value is -3.29. The summed E-state index contributed by atoms with van der Waals surface area (Å²) in [5.74, 6) is -0.713. The van der Waals surface area contributed by atoms with Crippen molar-refractivity contribution < 1.29 is 32.6 Å². The van der Waals surface area contributed by atoms with Crippen LogP contribution in [0.1, 0.15) is 30.4 Å². The van der Waals surface area contributed by atoms with E-state index in [1.807, 2.05) is 30.3 Å². The van der Waals surface area contributed by atoms with E-state index in [4.69, 9.17) is 9.47 Å². The van der Waals surface area contributed by atoms with Gasteiger partial charge in [0.25, 0.3) is 0 Å². The molecule has 3 aromatic carbocycles. The number of piperidine rings is 3. The number of carbonyl (C=O) groups excluding carboxylic acids is 1. The first-order valence-electron chi connectivity index (χ1n) is 12.9. The van der Waals surface area contributed by atoms with E-state index in [-0.39, 0.29) is 23.1 Å². The standard InChI is InChI=1S/C30H32F2NO4/c31-25-11-7-23(8-12-25)30(35,24-9-13-26(32)14-10-24)29(34)37-28-21-33(18-15-22(28)16-19-33)17-4-20-36-27-5-2-1-3-6-27/h1-3,5-14,22,28,35H,4,15-21H2/q+1. The number of benzene rings is 3. The predicted molar refractivity (Wildman–Crippen MR) is 135 cm³/mol. The molecule has 1 N–H and O–H groups in total. The van der Waals surface area contributed by atoms with E-state index in [1.165, 1.54) is 48.5 Å². The number of aliphatic hydroxyl groups is 1. The largest absolute Gasteiger partial charge is 0.493 e. The molecule has 1 unspecified atom stereocenters. The zero-order valence-electron chi connectivity index (χ0n) is 20.7. The van der Waals surface area contributed by atoms with Gasteiger partial charge in [-0.15, -0.1) is 0 Å². The first-order chi connectivity index (χ1) is 17.9. The van der Waals surface area contributed by atoms with Gasteiger partial charge in [-0.05, 0) is 47.5 Å². The number of rotatable bonds is 9. The molecule has 3 aliphatic heterocycles. The van der Waals surface area contributed by atoms with Gasteiger partial charge in [0.1, 0.15) is 23.9 Å². The van der Waals surface area contributed by atoms with Gasteiger partial charge in [-0.25, -0.2) is 13.6 Å². The molecule has 194 valence electrons. The normalized spacial score (nSPS) is 23.0. The Morgan fingerprint density at radius 1 is 0.892 bits per heavy atom. The van der Waals surface area contributed by atoms with Crippen molar-refractivity contribution in [3.05, 3.63) is 102 Å². The summed E-state index contributed by atoms with van der Waals surface area (Å²) in [6.45, 7) is 4.29. The SMILES string of the molecule is O=C(OC1C[N+]2(CCCOc3ccccc3)CCC1CC2)C(O)(c1ccc(F)cc1)c1ccc(F)cc1. The molecular weight excluding hydrogens is 476 g/mol. The van der Waals surface area contributed by atoms with Gasteiger partial charge in [0.15, 0.2) is 6.10 Å². The van der Waals surface area contributed by atoms with Crippen LogP contribution in [-0.4, -0.2) is 54.4 Å². The van der Waals surface area contributed by atoms with Crippen LogP contribution in [0.15, 0.2) is 78.9 Å². The molecule has 1 atom stereocenters. The van der Waals surface area contributed by atoms with Crippen LogP contribution >= 0.6 is 0 Å². The van der Waals surface area contributed by atoms with E-state index in [0.29, 0.717) is 13.2 Å². The number of hydrogen-bond acceptors (Lipinski definition) is 4. The van der Waals surface area contributed by atoms with Crippen molar-refractivity contribution >= 4 is 5.97 Å². The van der Waals surface area contributed by atoms with Crippen molar-refractivity contribution in [3.63, 3.8) is 0 Å². The Bertz CT molecular complexity index is 1150. The van der Waals surface area contributed by atoms with Gasteiger partial charge in [0.2, 0.25) is 5.60 Å². The lowest BCUT2D eigenvalue weighted by Gasteiger charge is -2.52. The van der Waals surface area contributed by atoms with Crippen molar-refractivity contribution in [1.29, 1.82) is 0 Å². The van der Waals surface area contributed by atoms with Crippen LogP contribution in [0.2, 0.25) is 0 Å². The number of hydrogen-bond donors (Lipinski definition) is 1. The fraction of sp³-hybridized carbons (Fsp3) is 0.367. The monoisotopic (exact) mass is 508 g/mol. The maximum Gasteiger partial charge on any atom is 0.348 e. The maximum atomic E-state index is 13.6. The Morgan fingerprint density at radius 2 is 1.46 bits per heavy atom. The molecule has 2 bridgehead atoms. The third kappa shape index (κ3) is 5.38. The van der Waals surface area contributed by atoms with Crippen molar-refractivity contribution in [2.75, 3.05) is 32.8 Å². The van der Waals surface area contributed by atoms with Gasteiger partial charge in [0.05, 0.1) is 26.2 Å². The Balaban J connectivity index is 1.29. The van der Waals surface area contributed by atoms with Crippen LogP contribution < -0.4 is 4.74 Å². The Labute approximate surface area is 215 Å². The second-order valence-corrected chi connectivity index (χ2v) is 10.2. The van der Waals surface area contributed by atoms with Crippen LogP contribution in [0.3, 0.4) is 0 Å².